The van der Waals surface area contributed by atoms with E-state index < -0.39 is 0 Å². The molecule has 0 aromatic heterocycles. The zero-order chi connectivity index (χ0) is 40.6. The molecule has 2 N–H and O–H groups in total. The van der Waals surface area contributed by atoms with Crippen LogP contribution in [0, 0.1) is 0 Å². The zero-order valence-corrected chi connectivity index (χ0v) is 36.1. The van der Waals surface area contributed by atoms with Crippen molar-refractivity contribution in [3.8, 4) is 22.3 Å². The van der Waals surface area contributed by atoms with Crippen molar-refractivity contribution in [2.75, 3.05) is 78.7 Å². The lowest BCUT2D eigenvalue weighted by atomic mass is 9.98. The van der Waals surface area contributed by atoms with Gasteiger partial charge in [-0.3, -0.25) is 19.4 Å². The highest BCUT2D eigenvalue weighted by Crippen LogP contribution is 2.48. The van der Waals surface area contributed by atoms with Crippen LogP contribution in [0.15, 0.2) is 82.6 Å². The van der Waals surface area contributed by atoms with Gasteiger partial charge in [0.2, 0.25) is 11.8 Å². The second-order valence-corrected chi connectivity index (χ2v) is 17.0. The summed E-state index contributed by atoms with van der Waals surface area (Å²) in [5, 5.41) is 21.1. The van der Waals surface area contributed by atoms with E-state index in [9.17, 15) is 19.8 Å². The SMILES string of the molecule is O=C(/C=C/c1ccc(Sc2ccc(/C=C/C(=O)N3CCN(CCO)CC3)c(-c3ccc(Cl)cc3Cl)c2Cl)c(Cl)c1-c1ccc(Cl)cc1Cl)N1CCN(CCO)CC1. The first kappa shape index (κ1) is 43.8. The molecule has 4 aromatic rings. The van der Waals surface area contributed by atoms with Crippen LogP contribution in [0.5, 0.6) is 0 Å². The molecule has 0 unspecified atom stereocenters. The zero-order valence-electron chi connectivity index (χ0n) is 30.7. The highest BCUT2D eigenvalue weighted by Gasteiger charge is 2.23. The number of rotatable bonds is 12. The van der Waals surface area contributed by atoms with E-state index in [0.717, 1.165) is 0 Å². The molecule has 0 saturated carbocycles. The van der Waals surface area contributed by atoms with Gasteiger partial charge < -0.3 is 20.0 Å². The van der Waals surface area contributed by atoms with Gasteiger partial charge in [-0.05, 0) is 59.7 Å². The average molecular weight is 910 g/mol. The normalized spacial score (nSPS) is 15.6. The largest absolute Gasteiger partial charge is 0.395 e. The number of piperazine rings is 2. The first-order valence-electron chi connectivity index (χ1n) is 18.3. The molecule has 300 valence electrons. The predicted octanol–water partition coefficient (Wildman–Crippen LogP) is 9.39. The van der Waals surface area contributed by atoms with Crippen molar-refractivity contribution in [1.82, 2.24) is 19.6 Å². The van der Waals surface area contributed by atoms with Gasteiger partial charge in [0.25, 0.3) is 0 Å². The number of hydrogen-bond donors (Lipinski definition) is 2. The van der Waals surface area contributed by atoms with Crippen LogP contribution in [0.1, 0.15) is 11.1 Å². The second kappa shape index (κ2) is 20.5. The van der Waals surface area contributed by atoms with Gasteiger partial charge in [-0.2, -0.15) is 0 Å². The molecule has 8 nitrogen and oxygen atoms in total. The maximum absolute atomic E-state index is 13.3. The molecule has 2 fully saturated rings. The lowest BCUT2D eigenvalue weighted by Crippen LogP contribution is -2.48. The van der Waals surface area contributed by atoms with Crippen molar-refractivity contribution in [2.24, 2.45) is 0 Å². The highest BCUT2D eigenvalue weighted by atomic mass is 35.5. The number of nitrogens with zero attached hydrogens (tertiary/aromatic N) is 4. The third-order valence-corrected chi connectivity index (χ3v) is 13.1. The quantitative estimate of drug-likeness (QED) is 0.137. The summed E-state index contributed by atoms with van der Waals surface area (Å²) in [7, 11) is 0. The Morgan fingerprint density at radius 3 is 1.30 bits per heavy atom. The molecule has 0 spiro atoms. The smallest absolute Gasteiger partial charge is 0.246 e. The van der Waals surface area contributed by atoms with Crippen LogP contribution >= 0.6 is 81.4 Å². The minimum atomic E-state index is -0.127. The van der Waals surface area contributed by atoms with Gasteiger partial charge >= 0.3 is 0 Å². The monoisotopic (exact) mass is 906 g/mol. The molecule has 2 heterocycles. The molecule has 4 aromatic carbocycles. The molecule has 0 aliphatic carbocycles. The van der Waals surface area contributed by atoms with E-state index >= 15 is 0 Å². The number of halogens is 6. The van der Waals surface area contributed by atoms with E-state index in [1.54, 1.807) is 70.5 Å². The summed E-state index contributed by atoms with van der Waals surface area (Å²) in [5.74, 6) is -0.254. The summed E-state index contributed by atoms with van der Waals surface area (Å²) in [4.78, 5) is 35.7. The van der Waals surface area contributed by atoms with Gasteiger partial charge in [0.15, 0.2) is 0 Å². The number of carbonyl (C=O) groups is 2. The fourth-order valence-electron chi connectivity index (χ4n) is 6.83. The molecule has 57 heavy (non-hydrogen) atoms. The number of benzene rings is 4. The Hall–Kier alpha value is -2.77. The maximum atomic E-state index is 13.3. The Morgan fingerprint density at radius 2 is 0.947 bits per heavy atom. The van der Waals surface area contributed by atoms with Crippen molar-refractivity contribution >= 4 is 105 Å². The summed E-state index contributed by atoms with van der Waals surface area (Å²) in [6, 6.07) is 17.9. The topological polar surface area (TPSA) is 87.6 Å². The van der Waals surface area contributed by atoms with Gasteiger partial charge in [-0.25, -0.2) is 0 Å². The Labute approximate surface area is 367 Å². The fourth-order valence-corrected chi connectivity index (χ4v) is 9.51. The molecule has 0 atom stereocenters. The molecule has 0 bridgehead atoms. The van der Waals surface area contributed by atoms with E-state index in [-0.39, 0.29) is 25.0 Å². The van der Waals surface area contributed by atoms with Crippen molar-refractivity contribution in [1.29, 1.82) is 0 Å². The van der Waals surface area contributed by atoms with Gasteiger partial charge in [0.05, 0.1) is 23.3 Å². The lowest BCUT2D eigenvalue weighted by molar-refractivity contribution is -0.128. The Kier molecular flexibility index (Phi) is 15.7. The van der Waals surface area contributed by atoms with E-state index in [0.29, 0.717) is 139 Å². The minimum Gasteiger partial charge on any atom is -0.395 e. The van der Waals surface area contributed by atoms with Crippen LogP contribution in [0.2, 0.25) is 30.1 Å². The van der Waals surface area contributed by atoms with Gasteiger partial charge in [0.1, 0.15) is 0 Å². The van der Waals surface area contributed by atoms with E-state index in [2.05, 4.69) is 9.80 Å². The lowest BCUT2D eigenvalue weighted by Gasteiger charge is -2.33. The Bertz CT molecular complexity index is 2020. The molecule has 6 rings (SSSR count). The summed E-state index contributed by atoms with van der Waals surface area (Å²) in [6.07, 6.45) is 6.57. The van der Waals surface area contributed by atoms with Crippen LogP contribution in [0.3, 0.4) is 0 Å². The highest BCUT2D eigenvalue weighted by molar-refractivity contribution is 7.99. The summed E-state index contributed by atoms with van der Waals surface area (Å²) < 4.78 is 0. The minimum absolute atomic E-state index is 0.0835. The van der Waals surface area contributed by atoms with Gasteiger partial charge in [-0.15, -0.1) is 0 Å². The summed E-state index contributed by atoms with van der Waals surface area (Å²) in [5.41, 5.74) is 3.87. The standard InChI is InChI=1S/C42H40Cl6N4O4S/c43-29-5-7-31(33(45)25-29)39-27(3-11-37(55)51-17-13-49(14-18-51)21-23-53)1-9-35(41(39)47)57-36-10-2-28(40(42(36)48)32-8-6-30(44)26-34(32)46)4-12-38(56)52-19-15-50(16-20-52)22-24-54/h1-12,25-26,53-54H,13-24H2/b11-3+,12-4+. The first-order chi connectivity index (χ1) is 27.5. The Balaban J connectivity index is 1.33. The van der Waals surface area contributed by atoms with E-state index in [1.807, 2.05) is 24.3 Å². The number of amides is 2. The first-order valence-corrected chi connectivity index (χ1v) is 21.4. The third-order valence-electron chi connectivity index (χ3n) is 9.91. The van der Waals surface area contributed by atoms with Crippen molar-refractivity contribution in [3.63, 3.8) is 0 Å². The Morgan fingerprint density at radius 1 is 0.561 bits per heavy atom. The fraction of sp³-hybridized carbons (Fsp3) is 0.286. The van der Waals surface area contributed by atoms with Crippen LogP contribution in [-0.2, 0) is 9.59 Å². The molecular weight excluding hydrogens is 869 g/mol. The maximum Gasteiger partial charge on any atom is 0.246 e. The molecular formula is C42H40Cl6N4O4S. The van der Waals surface area contributed by atoms with Crippen LogP contribution in [0.4, 0.5) is 0 Å². The van der Waals surface area contributed by atoms with Crippen LogP contribution in [-0.4, -0.2) is 120 Å². The van der Waals surface area contributed by atoms with Crippen LogP contribution < -0.4 is 0 Å². The van der Waals surface area contributed by atoms with E-state index in [1.165, 1.54) is 11.8 Å². The van der Waals surface area contributed by atoms with Crippen molar-refractivity contribution < 1.29 is 19.8 Å². The number of hydrogen-bond acceptors (Lipinski definition) is 7. The van der Waals surface area contributed by atoms with Crippen LogP contribution in [0.25, 0.3) is 34.4 Å². The number of carbonyl (C=O) groups excluding carboxylic acids is 2. The number of aliphatic hydroxyl groups excluding tert-OH is 2. The van der Waals surface area contributed by atoms with Crippen molar-refractivity contribution in [2.45, 2.75) is 9.79 Å². The third kappa shape index (κ3) is 10.9. The van der Waals surface area contributed by atoms with Gasteiger partial charge in [-0.1, -0.05) is 106 Å². The molecule has 2 saturated heterocycles. The summed E-state index contributed by atoms with van der Waals surface area (Å²) >= 11 is 42.0. The van der Waals surface area contributed by atoms with Gasteiger partial charge in [0, 0.05) is 130 Å². The number of aliphatic hydroxyl groups is 2. The van der Waals surface area contributed by atoms with Crippen molar-refractivity contribution in [3.05, 3.63) is 114 Å². The molecule has 15 heteroatoms. The molecule has 2 amide bonds. The predicted molar refractivity (Wildman–Crippen MR) is 236 cm³/mol. The molecule has 2 aliphatic heterocycles. The van der Waals surface area contributed by atoms with E-state index in [4.69, 9.17) is 69.6 Å². The number of β-amino-alcohol motifs (C(OH)–C–C–N with tert-alkyl or cyclic N) is 2. The second-order valence-electron chi connectivity index (χ2n) is 13.5. The summed E-state index contributed by atoms with van der Waals surface area (Å²) in [6.45, 7) is 6.36. The average Bonchev–Trinajstić information content (AvgIpc) is 3.19. The molecule has 2 aliphatic rings. The molecule has 0 radical (unpaired) electrons.